The molecule has 5 aromatic rings. The second kappa shape index (κ2) is 9.85. The van der Waals surface area contributed by atoms with Crippen LogP contribution in [0.3, 0.4) is 0 Å². The largest absolute Gasteiger partial charge is 0.508 e. The smallest absolute Gasteiger partial charge is 0.269 e. The normalized spacial score (nSPS) is 11.9. The highest BCUT2D eigenvalue weighted by Gasteiger charge is 2.41. The number of phenolic OH excluding ortho intramolecular Hbond substituents is 1. The van der Waals surface area contributed by atoms with Gasteiger partial charge in [-0.25, -0.2) is 13.4 Å². The maximum Gasteiger partial charge on any atom is 0.269 e. The first-order chi connectivity index (χ1) is 17.9. The maximum absolute atomic E-state index is 14.0. The molecule has 2 N–H and O–H groups in total. The molecule has 4 aromatic carbocycles. The fraction of sp³-hybridized carbons (Fsp3) is 0.107. The van der Waals surface area contributed by atoms with Crippen molar-refractivity contribution in [1.29, 1.82) is 0 Å². The maximum atomic E-state index is 14.0. The zero-order valence-electron chi connectivity index (χ0n) is 20.1. The molecule has 188 valence electrons. The third-order valence-corrected chi connectivity index (χ3v) is 8.97. The number of aromatic nitrogens is 1. The van der Waals surface area contributed by atoms with Gasteiger partial charge in [-0.15, -0.1) is 11.3 Å². The van der Waals surface area contributed by atoms with Crippen LogP contribution < -0.4 is 14.2 Å². The van der Waals surface area contributed by atoms with E-state index in [9.17, 15) is 13.5 Å². The number of sulfonamides is 1. The van der Waals surface area contributed by atoms with Gasteiger partial charge in [0.1, 0.15) is 22.8 Å². The zero-order valence-corrected chi connectivity index (χ0v) is 21.7. The Hall–Kier alpha value is -3.92. The Morgan fingerprint density at radius 2 is 1.32 bits per heavy atom. The van der Waals surface area contributed by atoms with Crippen LogP contribution in [0.5, 0.6) is 17.2 Å². The van der Waals surface area contributed by atoms with Gasteiger partial charge in [0, 0.05) is 0 Å². The first-order valence-electron chi connectivity index (χ1n) is 11.3. The van der Waals surface area contributed by atoms with Crippen molar-refractivity contribution < 1.29 is 23.0 Å². The molecule has 1 heterocycles. The molecule has 7 nitrogen and oxygen atoms in total. The SMILES string of the molecule is COc1ccc(C(NS(=O)(=O)c2nc3ccc(O)cc3s2)(c2ccccc2)c2ccc(OC)cc2)cc1. The van der Waals surface area contributed by atoms with Crippen LogP contribution in [0.1, 0.15) is 16.7 Å². The van der Waals surface area contributed by atoms with E-state index in [1.165, 1.54) is 12.1 Å². The summed E-state index contributed by atoms with van der Waals surface area (Å²) in [5, 5.41) is 9.85. The topological polar surface area (TPSA) is 97.8 Å². The quantitative estimate of drug-likeness (QED) is 0.264. The van der Waals surface area contributed by atoms with Crippen LogP contribution in [0.15, 0.2) is 101 Å². The summed E-state index contributed by atoms with van der Waals surface area (Å²) in [6.45, 7) is 0. The molecule has 0 aliphatic carbocycles. The Balaban J connectivity index is 1.75. The van der Waals surface area contributed by atoms with Gasteiger partial charge in [-0.2, -0.15) is 4.72 Å². The number of phenols is 1. The van der Waals surface area contributed by atoms with E-state index in [0.717, 1.165) is 11.3 Å². The highest BCUT2D eigenvalue weighted by atomic mass is 32.2. The first-order valence-corrected chi connectivity index (χ1v) is 13.6. The van der Waals surface area contributed by atoms with Crippen molar-refractivity contribution >= 4 is 31.6 Å². The van der Waals surface area contributed by atoms with Gasteiger partial charge < -0.3 is 14.6 Å². The van der Waals surface area contributed by atoms with E-state index >= 15 is 0 Å². The number of hydrogen-bond acceptors (Lipinski definition) is 7. The Labute approximate surface area is 219 Å². The minimum Gasteiger partial charge on any atom is -0.508 e. The second-order valence-corrected chi connectivity index (χ2v) is 11.2. The first kappa shape index (κ1) is 24.8. The number of fused-ring (bicyclic) bond motifs is 1. The summed E-state index contributed by atoms with van der Waals surface area (Å²) >= 11 is 0.995. The summed E-state index contributed by atoms with van der Waals surface area (Å²) in [5.74, 6) is 1.34. The number of rotatable bonds is 8. The second-order valence-electron chi connectivity index (χ2n) is 8.31. The van der Waals surface area contributed by atoms with Crippen molar-refractivity contribution in [3.05, 3.63) is 114 Å². The molecule has 0 unspecified atom stereocenters. The standard InChI is InChI=1S/C28H24N2O5S2/c1-34-23-13-8-20(9-14-23)28(19-6-4-3-5-7-19,21-10-15-24(35-2)16-11-21)30-37(32,33)27-29-25-17-12-22(31)18-26(25)36-27/h3-18,30-31H,1-2H3. The van der Waals surface area contributed by atoms with Gasteiger partial charge >= 0.3 is 0 Å². The number of methoxy groups -OCH3 is 2. The number of benzene rings is 4. The summed E-state index contributed by atoms with van der Waals surface area (Å²) in [7, 11) is -0.995. The molecule has 0 aliphatic rings. The van der Waals surface area contributed by atoms with Crippen LogP contribution in [-0.2, 0) is 15.6 Å². The minimum absolute atomic E-state index is 0.0446. The molecule has 9 heteroatoms. The Bertz CT molecular complexity index is 1580. The van der Waals surface area contributed by atoms with Gasteiger partial charge in [0.15, 0.2) is 0 Å². The molecule has 0 amide bonds. The molecule has 0 atom stereocenters. The minimum atomic E-state index is -4.16. The predicted octanol–water partition coefficient (Wildman–Crippen LogP) is 5.29. The van der Waals surface area contributed by atoms with E-state index in [0.29, 0.717) is 38.4 Å². The van der Waals surface area contributed by atoms with Crippen LogP contribution in [0.4, 0.5) is 0 Å². The lowest BCUT2D eigenvalue weighted by atomic mass is 9.78. The van der Waals surface area contributed by atoms with Crippen molar-refractivity contribution in [3.63, 3.8) is 0 Å². The van der Waals surface area contributed by atoms with Crippen molar-refractivity contribution in [2.45, 2.75) is 9.88 Å². The van der Waals surface area contributed by atoms with Gasteiger partial charge in [0.05, 0.1) is 24.4 Å². The highest BCUT2D eigenvalue weighted by molar-refractivity contribution is 7.91. The zero-order chi connectivity index (χ0) is 26.0. The van der Waals surface area contributed by atoms with Crippen molar-refractivity contribution in [3.8, 4) is 17.2 Å². The fourth-order valence-corrected chi connectivity index (χ4v) is 6.92. The number of nitrogens with zero attached hydrogens (tertiary/aromatic N) is 1. The molecule has 1 aromatic heterocycles. The summed E-state index contributed by atoms with van der Waals surface area (Å²) in [5.41, 5.74) is 1.27. The predicted molar refractivity (Wildman–Crippen MR) is 144 cm³/mol. The molecule has 0 radical (unpaired) electrons. The molecule has 0 saturated carbocycles. The van der Waals surface area contributed by atoms with Crippen LogP contribution >= 0.6 is 11.3 Å². The average Bonchev–Trinajstić information content (AvgIpc) is 3.37. The lowest BCUT2D eigenvalue weighted by molar-refractivity contribution is 0.413. The fourth-order valence-electron chi connectivity index (χ4n) is 4.30. The van der Waals surface area contributed by atoms with E-state index in [4.69, 9.17) is 9.47 Å². The molecule has 37 heavy (non-hydrogen) atoms. The van der Waals surface area contributed by atoms with Crippen LogP contribution in [0, 0.1) is 0 Å². The van der Waals surface area contributed by atoms with E-state index in [1.807, 2.05) is 54.6 Å². The number of nitrogens with one attached hydrogen (secondary N) is 1. The summed E-state index contributed by atoms with van der Waals surface area (Å²) in [6.07, 6.45) is 0. The van der Waals surface area contributed by atoms with Gasteiger partial charge in [-0.3, -0.25) is 0 Å². The molecule has 0 saturated heterocycles. The molecular weight excluding hydrogens is 508 g/mol. The van der Waals surface area contributed by atoms with E-state index in [2.05, 4.69) is 9.71 Å². The molecule has 0 bridgehead atoms. The highest BCUT2D eigenvalue weighted by Crippen LogP contribution is 2.40. The van der Waals surface area contributed by atoms with E-state index < -0.39 is 15.6 Å². The van der Waals surface area contributed by atoms with Gasteiger partial charge in [-0.05, 0) is 59.2 Å². The number of aromatic hydroxyl groups is 1. The van der Waals surface area contributed by atoms with Crippen LogP contribution in [-0.4, -0.2) is 32.7 Å². The average molecular weight is 533 g/mol. The van der Waals surface area contributed by atoms with Crippen LogP contribution in [0.2, 0.25) is 0 Å². The molecular formula is C28H24N2O5S2. The lowest BCUT2D eigenvalue weighted by Gasteiger charge is -2.36. The third kappa shape index (κ3) is 4.64. The number of hydrogen-bond donors (Lipinski definition) is 2. The summed E-state index contributed by atoms with van der Waals surface area (Å²) in [4.78, 5) is 4.36. The van der Waals surface area contributed by atoms with E-state index in [1.54, 1.807) is 44.6 Å². The van der Waals surface area contributed by atoms with Crippen molar-refractivity contribution in [2.24, 2.45) is 0 Å². The molecule has 0 fully saturated rings. The van der Waals surface area contributed by atoms with Gasteiger partial charge in [-0.1, -0.05) is 54.6 Å². The summed E-state index contributed by atoms with van der Waals surface area (Å²) in [6, 6.07) is 28.5. The lowest BCUT2D eigenvalue weighted by Crippen LogP contribution is -2.47. The number of ether oxygens (including phenoxy) is 2. The van der Waals surface area contributed by atoms with Crippen molar-refractivity contribution in [2.75, 3.05) is 14.2 Å². The van der Waals surface area contributed by atoms with E-state index in [-0.39, 0.29) is 10.1 Å². The van der Waals surface area contributed by atoms with Gasteiger partial charge in [0.25, 0.3) is 10.0 Å². The monoisotopic (exact) mass is 532 g/mol. The van der Waals surface area contributed by atoms with Crippen LogP contribution in [0.25, 0.3) is 10.2 Å². The number of thiazole rings is 1. The Morgan fingerprint density at radius 1 is 0.784 bits per heavy atom. The molecule has 0 aliphatic heterocycles. The Morgan fingerprint density at radius 3 is 1.86 bits per heavy atom. The van der Waals surface area contributed by atoms with Gasteiger partial charge in [0.2, 0.25) is 4.34 Å². The third-order valence-electron chi connectivity index (χ3n) is 6.12. The molecule has 0 spiro atoms. The van der Waals surface area contributed by atoms with Crippen molar-refractivity contribution in [1.82, 2.24) is 9.71 Å². The Kier molecular flexibility index (Phi) is 6.59. The summed E-state index contributed by atoms with van der Waals surface area (Å²) < 4.78 is 42.2. The molecule has 5 rings (SSSR count).